The van der Waals surface area contributed by atoms with Crippen molar-refractivity contribution in [3.63, 3.8) is 0 Å². The highest BCUT2D eigenvalue weighted by molar-refractivity contribution is 9.10. The molecule has 0 amide bonds. The summed E-state index contributed by atoms with van der Waals surface area (Å²) in [6, 6.07) is 11.1. The van der Waals surface area contributed by atoms with E-state index in [0.717, 1.165) is 15.6 Å². The van der Waals surface area contributed by atoms with Crippen LogP contribution in [-0.2, 0) is 16.0 Å². The first kappa shape index (κ1) is 22.4. The van der Waals surface area contributed by atoms with Crippen LogP contribution in [0.1, 0.15) is 45.7 Å². The molecular formula is C25H25BrN2O4. The summed E-state index contributed by atoms with van der Waals surface area (Å²) in [4.78, 5) is 22.2. The number of hydrogen-bond acceptors (Lipinski definition) is 6. The van der Waals surface area contributed by atoms with Gasteiger partial charge in [-0.1, -0.05) is 28.9 Å². The van der Waals surface area contributed by atoms with E-state index < -0.39 is 11.2 Å². The predicted molar refractivity (Wildman–Crippen MR) is 127 cm³/mol. The summed E-state index contributed by atoms with van der Waals surface area (Å²) in [5.74, 6) is 0.486. The lowest BCUT2D eigenvalue weighted by Gasteiger charge is -2.40. The number of halogens is 1. The van der Waals surface area contributed by atoms with Crippen LogP contribution in [-0.4, -0.2) is 32.1 Å². The molecule has 32 heavy (non-hydrogen) atoms. The van der Waals surface area contributed by atoms with Crippen LogP contribution in [0, 0.1) is 0 Å². The normalized spacial score (nSPS) is 17.6. The van der Waals surface area contributed by atoms with Crippen LogP contribution in [0.5, 0.6) is 11.6 Å². The standard InChI is InChI=1S/C25H25BrN2O4/c1-6-14-7-9-16(31-20-13-27-18-10-8-15(26)11-19(18)28-20)12-17(14)21-22(29)24(2,3)32-25(4,5)23(21)30/h7-13,29H,6H2,1-5H3. The zero-order valence-electron chi connectivity index (χ0n) is 18.7. The van der Waals surface area contributed by atoms with Gasteiger partial charge in [0.15, 0.2) is 5.78 Å². The first-order valence-corrected chi connectivity index (χ1v) is 11.2. The quantitative estimate of drug-likeness (QED) is 0.464. The Hall–Kier alpha value is -2.77. The third-order valence-corrected chi connectivity index (χ3v) is 6.02. The predicted octanol–water partition coefficient (Wildman–Crippen LogP) is 6.17. The zero-order chi connectivity index (χ0) is 23.3. The van der Waals surface area contributed by atoms with Crippen LogP contribution >= 0.6 is 15.9 Å². The van der Waals surface area contributed by atoms with E-state index in [2.05, 4.69) is 25.9 Å². The second-order valence-electron chi connectivity index (χ2n) is 8.79. The maximum Gasteiger partial charge on any atom is 0.238 e. The largest absolute Gasteiger partial charge is 0.508 e. The molecule has 0 spiro atoms. The number of benzene rings is 2. The summed E-state index contributed by atoms with van der Waals surface area (Å²) >= 11 is 3.44. The van der Waals surface area contributed by atoms with E-state index in [1.54, 1.807) is 40.0 Å². The van der Waals surface area contributed by atoms with Gasteiger partial charge in [-0.25, -0.2) is 9.97 Å². The second-order valence-corrected chi connectivity index (χ2v) is 9.71. The molecule has 1 N–H and O–H groups in total. The molecule has 1 aliphatic rings. The van der Waals surface area contributed by atoms with E-state index >= 15 is 0 Å². The molecule has 6 nitrogen and oxygen atoms in total. The van der Waals surface area contributed by atoms with Crippen molar-refractivity contribution in [2.24, 2.45) is 0 Å². The number of aliphatic hydroxyl groups excluding tert-OH is 1. The van der Waals surface area contributed by atoms with Crippen LogP contribution in [0.3, 0.4) is 0 Å². The summed E-state index contributed by atoms with van der Waals surface area (Å²) < 4.78 is 12.8. The zero-order valence-corrected chi connectivity index (χ0v) is 20.3. The molecule has 2 aromatic carbocycles. The van der Waals surface area contributed by atoms with Crippen molar-refractivity contribution in [1.82, 2.24) is 9.97 Å². The Morgan fingerprint density at radius 1 is 1.06 bits per heavy atom. The van der Waals surface area contributed by atoms with Gasteiger partial charge in [-0.2, -0.15) is 0 Å². The van der Waals surface area contributed by atoms with Crippen LogP contribution in [0.15, 0.2) is 52.8 Å². The van der Waals surface area contributed by atoms with Crippen molar-refractivity contribution in [3.8, 4) is 11.6 Å². The fraction of sp³-hybridized carbons (Fsp3) is 0.320. The summed E-state index contributed by atoms with van der Waals surface area (Å²) in [5.41, 5.74) is 1.22. The van der Waals surface area contributed by atoms with Crippen molar-refractivity contribution >= 4 is 38.3 Å². The smallest absolute Gasteiger partial charge is 0.238 e. The number of fused-ring (bicyclic) bond motifs is 1. The summed E-state index contributed by atoms with van der Waals surface area (Å²) in [7, 11) is 0. The molecule has 0 bridgehead atoms. The Morgan fingerprint density at radius 2 is 1.81 bits per heavy atom. The highest BCUT2D eigenvalue weighted by Gasteiger charge is 2.47. The number of aromatic nitrogens is 2. The molecule has 1 aliphatic heterocycles. The van der Waals surface area contributed by atoms with Gasteiger partial charge in [0, 0.05) is 4.47 Å². The molecule has 0 saturated heterocycles. The number of rotatable bonds is 4. The molecule has 1 aromatic heterocycles. The Morgan fingerprint density at radius 3 is 2.53 bits per heavy atom. The number of nitrogens with zero attached hydrogens (tertiary/aromatic N) is 2. The third-order valence-electron chi connectivity index (χ3n) is 5.53. The van der Waals surface area contributed by atoms with Gasteiger partial charge in [-0.3, -0.25) is 4.79 Å². The summed E-state index contributed by atoms with van der Waals surface area (Å²) in [5, 5.41) is 11.0. The topological polar surface area (TPSA) is 81.5 Å². The monoisotopic (exact) mass is 496 g/mol. The maximum atomic E-state index is 13.3. The van der Waals surface area contributed by atoms with Crippen LogP contribution < -0.4 is 4.74 Å². The van der Waals surface area contributed by atoms with Gasteiger partial charge in [0.05, 0.1) is 22.8 Å². The first-order chi connectivity index (χ1) is 15.0. The molecule has 3 aromatic rings. The van der Waals surface area contributed by atoms with Gasteiger partial charge in [0.1, 0.15) is 22.7 Å². The van der Waals surface area contributed by atoms with Gasteiger partial charge >= 0.3 is 0 Å². The molecule has 0 unspecified atom stereocenters. The molecule has 0 saturated carbocycles. The van der Waals surface area contributed by atoms with Gasteiger partial charge in [-0.05, 0) is 75.6 Å². The SMILES string of the molecule is CCc1ccc(Oc2cnc3ccc(Br)cc3n2)cc1C1=C(O)C(C)(C)OC(C)(C)C1=O. The van der Waals surface area contributed by atoms with E-state index in [9.17, 15) is 9.90 Å². The molecule has 0 radical (unpaired) electrons. The average molecular weight is 497 g/mol. The van der Waals surface area contributed by atoms with Crippen LogP contribution in [0.4, 0.5) is 0 Å². The highest BCUT2D eigenvalue weighted by atomic mass is 79.9. The van der Waals surface area contributed by atoms with E-state index in [1.165, 1.54) is 0 Å². The lowest BCUT2D eigenvalue weighted by molar-refractivity contribution is -0.158. The van der Waals surface area contributed by atoms with Crippen molar-refractivity contribution in [3.05, 3.63) is 64.0 Å². The number of Topliss-reactive ketones (excluding diaryl/α,β-unsaturated/α-hetero) is 1. The number of ether oxygens (including phenoxy) is 2. The van der Waals surface area contributed by atoms with Crippen molar-refractivity contribution < 1.29 is 19.4 Å². The van der Waals surface area contributed by atoms with Gasteiger partial charge < -0.3 is 14.6 Å². The molecule has 0 atom stereocenters. The van der Waals surface area contributed by atoms with Crippen LogP contribution in [0.2, 0.25) is 0 Å². The fourth-order valence-electron chi connectivity index (χ4n) is 3.99. The van der Waals surface area contributed by atoms with Crippen LogP contribution in [0.25, 0.3) is 16.6 Å². The van der Waals surface area contributed by atoms with Gasteiger partial charge in [-0.15, -0.1) is 0 Å². The van der Waals surface area contributed by atoms with E-state index in [0.29, 0.717) is 29.1 Å². The molecule has 2 heterocycles. The molecular weight excluding hydrogens is 472 g/mol. The van der Waals surface area contributed by atoms with Crippen molar-refractivity contribution in [2.75, 3.05) is 0 Å². The number of ketones is 1. The molecule has 0 aliphatic carbocycles. The maximum absolute atomic E-state index is 13.3. The minimum absolute atomic E-state index is 0.0796. The third kappa shape index (κ3) is 4.02. The Kier molecular flexibility index (Phi) is 5.59. The molecule has 0 fully saturated rings. The number of hydrogen-bond donors (Lipinski definition) is 1. The highest BCUT2D eigenvalue weighted by Crippen LogP contribution is 2.41. The van der Waals surface area contributed by atoms with E-state index in [4.69, 9.17) is 9.47 Å². The number of aryl methyl sites for hydroxylation is 1. The van der Waals surface area contributed by atoms with Gasteiger partial charge in [0.2, 0.25) is 5.88 Å². The van der Waals surface area contributed by atoms with Crippen molar-refractivity contribution in [1.29, 1.82) is 0 Å². The second kappa shape index (κ2) is 7.98. The fourth-order valence-corrected chi connectivity index (χ4v) is 4.34. The Balaban J connectivity index is 1.79. The Labute approximate surface area is 195 Å². The Bertz CT molecular complexity index is 1260. The summed E-state index contributed by atoms with van der Waals surface area (Å²) in [6.07, 6.45) is 2.25. The van der Waals surface area contributed by atoms with Gasteiger partial charge in [0.25, 0.3) is 0 Å². The lowest BCUT2D eigenvalue weighted by Crippen LogP contribution is -2.49. The van der Waals surface area contributed by atoms with E-state index in [1.807, 2.05) is 37.3 Å². The summed E-state index contributed by atoms with van der Waals surface area (Å²) in [6.45, 7) is 8.96. The van der Waals surface area contributed by atoms with Crippen molar-refractivity contribution in [2.45, 2.75) is 52.2 Å². The molecule has 7 heteroatoms. The van der Waals surface area contributed by atoms with E-state index in [-0.39, 0.29) is 17.1 Å². The minimum Gasteiger partial charge on any atom is -0.508 e. The number of carbonyl (C=O) groups excluding carboxylic acids is 1. The lowest BCUT2D eigenvalue weighted by atomic mass is 9.81. The number of aliphatic hydroxyl groups is 1. The first-order valence-electron chi connectivity index (χ1n) is 10.4. The number of carbonyl (C=O) groups is 1. The minimum atomic E-state index is -1.07. The average Bonchev–Trinajstić information content (AvgIpc) is 2.72. The molecule has 166 valence electrons. The molecule has 4 rings (SSSR count).